The Morgan fingerprint density at radius 3 is 3.00 bits per heavy atom. The molecule has 2 rings (SSSR count). The number of carboxylic acids is 1. The lowest BCUT2D eigenvalue weighted by Gasteiger charge is -2.17. The van der Waals surface area contributed by atoms with E-state index < -0.39 is 5.97 Å². The van der Waals surface area contributed by atoms with Crippen molar-refractivity contribution in [1.82, 2.24) is 4.98 Å². The second-order valence-electron chi connectivity index (χ2n) is 3.65. The molecular formula is C10H11N3O3. The zero-order valence-corrected chi connectivity index (χ0v) is 8.59. The highest BCUT2D eigenvalue weighted by atomic mass is 16.4. The van der Waals surface area contributed by atoms with Crippen molar-refractivity contribution in [1.29, 1.82) is 5.26 Å². The third-order valence-corrected chi connectivity index (χ3v) is 2.41. The molecule has 0 aliphatic heterocycles. The largest absolute Gasteiger partial charge is 0.476 e. The average molecular weight is 221 g/mol. The minimum atomic E-state index is -1.11. The molecule has 1 aliphatic rings. The second-order valence-corrected chi connectivity index (χ2v) is 3.65. The monoisotopic (exact) mass is 221 g/mol. The lowest BCUT2D eigenvalue weighted by Crippen LogP contribution is -2.27. The molecule has 84 valence electrons. The van der Waals surface area contributed by atoms with Crippen LogP contribution in [0.4, 0.5) is 6.01 Å². The predicted octanol–water partition coefficient (Wildman–Crippen LogP) is 1.26. The summed E-state index contributed by atoms with van der Waals surface area (Å²) in [6.45, 7) is 0.529. The fraction of sp³-hybridized carbons (Fsp3) is 0.500. The van der Waals surface area contributed by atoms with E-state index in [1.807, 2.05) is 4.90 Å². The molecule has 0 amide bonds. The molecule has 0 aromatic carbocycles. The minimum absolute atomic E-state index is 0.0994. The molecule has 1 heterocycles. The molecule has 1 fully saturated rings. The van der Waals surface area contributed by atoms with Crippen LogP contribution in [0.2, 0.25) is 0 Å². The van der Waals surface area contributed by atoms with E-state index in [9.17, 15) is 4.79 Å². The first-order chi connectivity index (χ1) is 7.72. The Balaban J connectivity index is 2.12. The number of carbonyl (C=O) groups is 1. The van der Waals surface area contributed by atoms with Crippen molar-refractivity contribution in [3.8, 4) is 6.07 Å². The lowest BCUT2D eigenvalue weighted by atomic mass is 10.4. The molecule has 1 aromatic rings. The van der Waals surface area contributed by atoms with Gasteiger partial charge in [-0.15, -0.1) is 0 Å². The Hall–Kier alpha value is -2.03. The number of aromatic carboxylic acids is 1. The number of nitrogens with zero attached hydrogens (tertiary/aromatic N) is 3. The van der Waals surface area contributed by atoms with Crippen LogP contribution in [0.5, 0.6) is 0 Å². The van der Waals surface area contributed by atoms with E-state index in [0.717, 1.165) is 19.1 Å². The highest BCUT2D eigenvalue weighted by Crippen LogP contribution is 2.31. The number of aromatic nitrogens is 1. The molecule has 1 N–H and O–H groups in total. The number of hydrogen-bond acceptors (Lipinski definition) is 5. The summed E-state index contributed by atoms with van der Waals surface area (Å²) in [6, 6.07) is 2.70. The summed E-state index contributed by atoms with van der Waals surface area (Å²) in [5.74, 6) is -1.11. The van der Waals surface area contributed by atoms with Crippen molar-refractivity contribution in [3.63, 3.8) is 0 Å². The Morgan fingerprint density at radius 2 is 2.50 bits per heavy atom. The summed E-state index contributed by atoms with van der Waals surface area (Å²) in [4.78, 5) is 16.4. The van der Waals surface area contributed by atoms with Crippen LogP contribution in [0.15, 0.2) is 10.7 Å². The molecule has 1 aliphatic carbocycles. The molecule has 6 heteroatoms. The normalized spacial score (nSPS) is 14.4. The van der Waals surface area contributed by atoms with E-state index in [-0.39, 0.29) is 5.69 Å². The molecule has 0 radical (unpaired) electrons. The van der Waals surface area contributed by atoms with Crippen molar-refractivity contribution in [2.45, 2.75) is 25.3 Å². The standard InChI is InChI=1S/C10H11N3O3/c11-4-1-5-13(7-2-3-7)10-12-8(6-16-10)9(14)15/h6-7H,1-3,5H2,(H,14,15). The van der Waals surface area contributed by atoms with Crippen molar-refractivity contribution in [2.24, 2.45) is 0 Å². The van der Waals surface area contributed by atoms with Gasteiger partial charge in [-0.05, 0) is 12.8 Å². The van der Waals surface area contributed by atoms with E-state index in [1.54, 1.807) is 0 Å². The van der Waals surface area contributed by atoms with Crippen LogP contribution < -0.4 is 4.90 Å². The van der Waals surface area contributed by atoms with Gasteiger partial charge in [-0.3, -0.25) is 0 Å². The van der Waals surface area contributed by atoms with Crippen molar-refractivity contribution < 1.29 is 14.3 Å². The third-order valence-electron chi connectivity index (χ3n) is 2.41. The van der Waals surface area contributed by atoms with Crippen LogP contribution in [-0.2, 0) is 0 Å². The average Bonchev–Trinajstić information content (AvgIpc) is 2.96. The number of carboxylic acid groups (broad SMARTS) is 1. The van der Waals surface area contributed by atoms with E-state index >= 15 is 0 Å². The van der Waals surface area contributed by atoms with Gasteiger partial charge < -0.3 is 14.4 Å². The highest BCUT2D eigenvalue weighted by Gasteiger charge is 2.32. The number of nitriles is 1. The Labute approximate surface area is 92.1 Å². The molecule has 16 heavy (non-hydrogen) atoms. The van der Waals surface area contributed by atoms with Crippen LogP contribution in [0.25, 0.3) is 0 Å². The van der Waals surface area contributed by atoms with Crippen molar-refractivity contribution in [2.75, 3.05) is 11.4 Å². The summed E-state index contributed by atoms with van der Waals surface area (Å²) in [5, 5.41) is 17.3. The molecular weight excluding hydrogens is 210 g/mol. The summed E-state index contributed by atoms with van der Waals surface area (Å²) >= 11 is 0. The van der Waals surface area contributed by atoms with Gasteiger partial charge in [0.1, 0.15) is 6.26 Å². The number of hydrogen-bond donors (Lipinski definition) is 1. The first kappa shape index (κ1) is 10.5. The smallest absolute Gasteiger partial charge is 0.357 e. The topological polar surface area (TPSA) is 90.4 Å². The van der Waals surface area contributed by atoms with E-state index in [0.29, 0.717) is 25.0 Å². The number of rotatable bonds is 5. The van der Waals surface area contributed by atoms with E-state index in [1.165, 1.54) is 0 Å². The first-order valence-electron chi connectivity index (χ1n) is 5.05. The maximum Gasteiger partial charge on any atom is 0.357 e. The van der Waals surface area contributed by atoms with Crippen LogP contribution in [0, 0.1) is 11.3 Å². The fourth-order valence-corrected chi connectivity index (χ4v) is 1.49. The maximum absolute atomic E-state index is 10.6. The first-order valence-corrected chi connectivity index (χ1v) is 5.05. The van der Waals surface area contributed by atoms with Crippen LogP contribution in [0.1, 0.15) is 29.8 Å². The Morgan fingerprint density at radius 1 is 1.75 bits per heavy atom. The third kappa shape index (κ3) is 2.14. The number of anilines is 1. The predicted molar refractivity (Wildman–Crippen MR) is 54.1 cm³/mol. The van der Waals surface area contributed by atoms with Gasteiger partial charge in [0.15, 0.2) is 5.69 Å². The van der Waals surface area contributed by atoms with E-state index in [2.05, 4.69) is 11.1 Å². The Kier molecular flexibility index (Phi) is 2.77. The summed E-state index contributed by atoms with van der Waals surface area (Å²) < 4.78 is 5.11. The van der Waals surface area contributed by atoms with Crippen LogP contribution in [-0.4, -0.2) is 28.6 Å². The molecule has 1 saturated carbocycles. The Bertz CT molecular complexity index is 431. The molecule has 0 atom stereocenters. The van der Waals surface area contributed by atoms with Gasteiger partial charge in [0.2, 0.25) is 0 Å². The highest BCUT2D eigenvalue weighted by molar-refractivity contribution is 5.85. The summed E-state index contributed by atoms with van der Waals surface area (Å²) in [5.41, 5.74) is -0.0994. The van der Waals surface area contributed by atoms with Gasteiger partial charge >= 0.3 is 5.97 Å². The number of oxazole rings is 1. The zero-order chi connectivity index (χ0) is 11.5. The van der Waals surface area contributed by atoms with Gasteiger partial charge in [0.25, 0.3) is 6.01 Å². The van der Waals surface area contributed by atoms with Gasteiger partial charge in [-0.25, -0.2) is 4.79 Å². The molecule has 0 unspecified atom stereocenters. The van der Waals surface area contributed by atoms with E-state index in [4.69, 9.17) is 14.8 Å². The quantitative estimate of drug-likeness (QED) is 0.804. The van der Waals surface area contributed by atoms with Crippen molar-refractivity contribution >= 4 is 12.0 Å². The lowest BCUT2D eigenvalue weighted by molar-refractivity contribution is 0.0690. The zero-order valence-electron chi connectivity index (χ0n) is 8.59. The summed E-state index contributed by atoms with van der Waals surface area (Å²) in [7, 11) is 0. The summed E-state index contributed by atoms with van der Waals surface area (Å²) in [6.07, 6.45) is 3.58. The maximum atomic E-state index is 10.6. The fourth-order valence-electron chi connectivity index (χ4n) is 1.49. The van der Waals surface area contributed by atoms with Gasteiger partial charge in [-0.2, -0.15) is 10.2 Å². The van der Waals surface area contributed by atoms with Crippen molar-refractivity contribution in [3.05, 3.63) is 12.0 Å². The van der Waals surface area contributed by atoms with Gasteiger partial charge in [0, 0.05) is 12.6 Å². The van der Waals surface area contributed by atoms with Gasteiger partial charge in [-0.1, -0.05) is 0 Å². The van der Waals surface area contributed by atoms with Crippen LogP contribution in [0.3, 0.4) is 0 Å². The molecule has 6 nitrogen and oxygen atoms in total. The van der Waals surface area contributed by atoms with Crippen LogP contribution >= 0.6 is 0 Å². The molecule has 0 bridgehead atoms. The SMILES string of the molecule is N#CCCN(c1nc(C(=O)O)co1)C1CC1. The second kappa shape index (κ2) is 4.23. The minimum Gasteiger partial charge on any atom is -0.476 e. The van der Waals surface area contributed by atoms with Gasteiger partial charge in [0.05, 0.1) is 12.5 Å². The molecule has 0 saturated heterocycles. The molecule has 0 spiro atoms. The molecule has 1 aromatic heterocycles.